The van der Waals surface area contributed by atoms with E-state index in [1.807, 2.05) is 24.4 Å². The van der Waals surface area contributed by atoms with Crippen molar-refractivity contribution in [2.24, 2.45) is 0 Å². The molecule has 30 heavy (non-hydrogen) atoms. The summed E-state index contributed by atoms with van der Waals surface area (Å²) < 4.78 is 5.76. The lowest BCUT2D eigenvalue weighted by atomic mass is 10.1. The third-order valence-electron chi connectivity index (χ3n) is 4.51. The van der Waals surface area contributed by atoms with Gasteiger partial charge in [-0.25, -0.2) is 0 Å². The van der Waals surface area contributed by atoms with Crippen LogP contribution < -0.4 is 10.1 Å². The van der Waals surface area contributed by atoms with Crippen LogP contribution in [0.3, 0.4) is 0 Å². The number of hydrogen-bond acceptors (Lipinski definition) is 3. The van der Waals surface area contributed by atoms with Crippen molar-refractivity contribution < 1.29 is 19.4 Å². The van der Waals surface area contributed by atoms with E-state index in [9.17, 15) is 9.59 Å². The topological polar surface area (TPSA) is 91.4 Å². The summed E-state index contributed by atoms with van der Waals surface area (Å²) in [6, 6.07) is 19.1. The van der Waals surface area contributed by atoms with Gasteiger partial charge in [-0.2, -0.15) is 0 Å². The number of aliphatic carboxylic acids is 1. The third kappa shape index (κ3) is 4.45. The van der Waals surface area contributed by atoms with E-state index in [1.54, 1.807) is 48.5 Å². The van der Waals surface area contributed by atoms with Crippen LogP contribution in [0.15, 0.2) is 72.9 Å². The summed E-state index contributed by atoms with van der Waals surface area (Å²) in [7, 11) is 0. The Labute approximate surface area is 177 Å². The molecule has 1 heterocycles. The van der Waals surface area contributed by atoms with Crippen molar-refractivity contribution in [1.29, 1.82) is 0 Å². The summed E-state index contributed by atoms with van der Waals surface area (Å²) in [6.07, 6.45) is 1.72. The minimum atomic E-state index is -0.926. The summed E-state index contributed by atoms with van der Waals surface area (Å²) in [5.74, 6) is -0.175. The Morgan fingerprint density at radius 3 is 2.53 bits per heavy atom. The molecule has 150 valence electrons. The molecule has 0 bridgehead atoms. The van der Waals surface area contributed by atoms with Gasteiger partial charge in [0.15, 0.2) is 0 Å². The summed E-state index contributed by atoms with van der Waals surface area (Å²) in [5.41, 5.74) is 2.76. The standard InChI is InChI=1S/C23H17ClN2O4/c24-19-11-14(12-22(27)28)1-8-21(19)30-18-5-3-17(4-6-18)26-23(29)16-2-7-20-15(13-16)9-10-25-20/h1-11,13,25H,12H2,(H,26,29)(H,27,28). The number of rotatable bonds is 6. The van der Waals surface area contributed by atoms with Crippen molar-refractivity contribution in [1.82, 2.24) is 4.98 Å². The smallest absolute Gasteiger partial charge is 0.307 e. The second kappa shape index (κ2) is 8.31. The average Bonchev–Trinajstić information content (AvgIpc) is 3.19. The lowest BCUT2D eigenvalue weighted by Crippen LogP contribution is -2.11. The SMILES string of the molecule is O=C(O)Cc1ccc(Oc2ccc(NC(=O)c3ccc4[nH]ccc4c3)cc2)c(Cl)c1. The molecule has 0 saturated heterocycles. The monoisotopic (exact) mass is 420 g/mol. The number of fused-ring (bicyclic) bond motifs is 1. The van der Waals surface area contributed by atoms with Crippen LogP contribution in [0.2, 0.25) is 5.02 Å². The van der Waals surface area contributed by atoms with Gasteiger partial charge in [0.1, 0.15) is 11.5 Å². The summed E-state index contributed by atoms with van der Waals surface area (Å²) in [4.78, 5) is 26.4. The molecule has 0 saturated carbocycles. The maximum absolute atomic E-state index is 12.5. The molecule has 4 rings (SSSR count). The van der Waals surface area contributed by atoms with Crippen molar-refractivity contribution in [2.45, 2.75) is 6.42 Å². The fourth-order valence-electron chi connectivity index (χ4n) is 3.04. The van der Waals surface area contributed by atoms with E-state index in [0.717, 1.165) is 10.9 Å². The van der Waals surface area contributed by atoms with E-state index < -0.39 is 5.97 Å². The molecule has 0 radical (unpaired) electrons. The maximum atomic E-state index is 12.5. The second-order valence-corrected chi connectivity index (χ2v) is 7.10. The quantitative estimate of drug-likeness (QED) is 0.384. The van der Waals surface area contributed by atoms with E-state index in [0.29, 0.717) is 33.3 Å². The van der Waals surface area contributed by atoms with Crippen LogP contribution in [-0.4, -0.2) is 22.0 Å². The van der Waals surface area contributed by atoms with Crippen molar-refractivity contribution >= 4 is 40.1 Å². The molecule has 7 heteroatoms. The molecule has 3 N–H and O–H groups in total. The summed E-state index contributed by atoms with van der Waals surface area (Å²) in [6.45, 7) is 0. The molecular weight excluding hydrogens is 404 g/mol. The molecule has 0 aliphatic heterocycles. The molecule has 3 aromatic carbocycles. The van der Waals surface area contributed by atoms with Crippen LogP contribution in [0.5, 0.6) is 11.5 Å². The van der Waals surface area contributed by atoms with Gasteiger partial charge >= 0.3 is 5.97 Å². The molecule has 0 spiro atoms. The van der Waals surface area contributed by atoms with Gasteiger partial charge in [-0.1, -0.05) is 17.7 Å². The van der Waals surface area contributed by atoms with E-state index in [4.69, 9.17) is 21.4 Å². The van der Waals surface area contributed by atoms with Crippen LogP contribution in [0.25, 0.3) is 10.9 Å². The Balaban J connectivity index is 1.42. The molecule has 0 fully saturated rings. The Kier molecular flexibility index (Phi) is 5.41. The number of carboxylic acids is 1. The molecule has 4 aromatic rings. The summed E-state index contributed by atoms with van der Waals surface area (Å²) >= 11 is 6.19. The highest BCUT2D eigenvalue weighted by Gasteiger charge is 2.09. The molecule has 6 nitrogen and oxygen atoms in total. The highest BCUT2D eigenvalue weighted by molar-refractivity contribution is 6.32. The maximum Gasteiger partial charge on any atom is 0.307 e. The van der Waals surface area contributed by atoms with Gasteiger partial charge in [0, 0.05) is 28.4 Å². The minimum absolute atomic E-state index is 0.106. The number of hydrogen-bond donors (Lipinski definition) is 3. The van der Waals surface area contributed by atoms with Crippen LogP contribution >= 0.6 is 11.6 Å². The van der Waals surface area contributed by atoms with Crippen LogP contribution in [0.1, 0.15) is 15.9 Å². The first-order valence-corrected chi connectivity index (χ1v) is 9.52. The van der Waals surface area contributed by atoms with Gasteiger partial charge in [-0.15, -0.1) is 0 Å². The first-order chi connectivity index (χ1) is 14.5. The van der Waals surface area contributed by atoms with Gasteiger partial charge in [-0.3, -0.25) is 9.59 Å². The first kappa shape index (κ1) is 19.5. The van der Waals surface area contributed by atoms with Crippen molar-refractivity contribution in [2.75, 3.05) is 5.32 Å². The fourth-order valence-corrected chi connectivity index (χ4v) is 3.28. The van der Waals surface area contributed by atoms with Crippen LogP contribution in [-0.2, 0) is 11.2 Å². The minimum Gasteiger partial charge on any atom is -0.481 e. The predicted octanol–water partition coefficient (Wildman–Crippen LogP) is 5.49. The zero-order valence-electron chi connectivity index (χ0n) is 15.7. The number of carbonyl (C=O) groups excluding carboxylic acids is 1. The number of anilines is 1. The van der Waals surface area contributed by atoms with Crippen molar-refractivity contribution in [3.63, 3.8) is 0 Å². The van der Waals surface area contributed by atoms with E-state index in [2.05, 4.69) is 10.3 Å². The van der Waals surface area contributed by atoms with E-state index in [-0.39, 0.29) is 12.3 Å². The molecular formula is C23H17ClN2O4. The van der Waals surface area contributed by atoms with Crippen molar-refractivity contribution in [3.8, 4) is 11.5 Å². The average molecular weight is 421 g/mol. The van der Waals surface area contributed by atoms with Gasteiger partial charge in [0.2, 0.25) is 0 Å². The lowest BCUT2D eigenvalue weighted by molar-refractivity contribution is -0.136. The van der Waals surface area contributed by atoms with E-state index in [1.165, 1.54) is 0 Å². The lowest BCUT2D eigenvalue weighted by Gasteiger charge is -2.10. The summed E-state index contributed by atoms with van der Waals surface area (Å²) in [5, 5.41) is 13.0. The van der Waals surface area contributed by atoms with Crippen LogP contribution in [0, 0.1) is 0 Å². The Morgan fingerprint density at radius 1 is 1.00 bits per heavy atom. The number of amides is 1. The highest BCUT2D eigenvalue weighted by Crippen LogP contribution is 2.31. The van der Waals surface area contributed by atoms with Gasteiger partial charge in [0.25, 0.3) is 5.91 Å². The highest BCUT2D eigenvalue weighted by atomic mass is 35.5. The van der Waals surface area contributed by atoms with E-state index >= 15 is 0 Å². The van der Waals surface area contributed by atoms with Gasteiger partial charge in [0.05, 0.1) is 11.4 Å². The normalized spacial score (nSPS) is 10.7. The zero-order chi connectivity index (χ0) is 21.1. The number of carboxylic acid groups (broad SMARTS) is 1. The molecule has 0 unspecified atom stereocenters. The number of aromatic nitrogens is 1. The Bertz CT molecular complexity index is 1230. The number of nitrogens with one attached hydrogen (secondary N) is 2. The second-order valence-electron chi connectivity index (χ2n) is 6.70. The molecule has 1 amide bonds. The fraction of sp³-hybridized carbons (Fsp3) is 0.0435. The largest absolute Gasteiger partial charge is 0.481 e. The molecule has 0 atom stereocenters. The number of H-pyrrole nitrogens is 1. The Morgan fingerprint density at radius 2 is 1.80 bits per heavy atom. The van der Waals surface area contributed by atoms with Crippen molar-refractivity contribution in [3.05, 3.63) is 89.1 Å². The number of carbonyl (C=O) groups is 2. The molecule has 0 aliphatic rings. The first-order valence-electron chi connectivity index (χ1n) is 9.14. The van der Waals surface area contributed by atoms with Crippen LogP contribution in [0.4, 0.5) is 5.69 Å². The molecule has 0 aliphatic carbocycles. The zero-order valence-corrected chi connectivity index (χ0v) is 16.4. The number of aromatic amines is 1. The van der Waals surface area contributed by atoms with Gasteiger partial charge in [-0.05, 0) is 66.2 Å². The Hall–Kier alpha value is -3.77. The number of ether oxygens (including phenoxy) is 1. The number of benzene rings is 3. The third-order valence-corrected chi connectivity index (χ3v) is 4.80. The predicted molar refractivity (Wildman–Crippen MR) is 116 cm³/mol. The molecule has 1 aromatic heterocycles. The van der Waals surface area contributed by atoms with Gasteiger partial charge < -0.3 is 20.1 Å². The number of halogens is 1.